The van der Waals surface area contributed by atoms with Crippen LogP contribution in [0.2, 0.25) is 0 Å². The lowest BCUT2D eigenvalue weighted by Gasteiger charge is -2.17. The average molecular weight is 442 g/mol. The first kappa shape index (κ1) is 22.3. The molecule has 33 heavy (non-hydrogen) atoms. The lowest BCUT2D eigenvalue weighted by Crippen LogP contribution is -2.42. The van der Waals surface area contributed by atoms with Crippen molar-refractivity contribution in [2.45, 2.75) is 39.4 Å². The van der Waals surface area contributed by atoms with Gasteiger partial charge in [0.05, 0.1) is 23.6 Å². The third kappa shape index (κ3) is 4.95. The number of amides is 1. The van der Waals surface area contributed by atoms with E-state index in [1.54, 1.807) is 0 Å². The van der Waals surface area contributed by atoms with Gasteiger partial charge >= 0.3 is 11.1 Å². The van der Waals surface area contributed by atoms with Crippen LogP contribution in [0.3, 0.4) is 0 Å². The van der Waals surface area contributed by atoms with Crippen molar-refractivity contribution in [2.24, 2.45) is 0 Å². The molecule has 4 aromatic rings. The van der Waals surface area contributed by atoms with E-state index in [-0.39, 0.29) is 24.9 Å². The minimum Gasteiger partial charge on any atom is -0.350 e. The van der Waals surface area contributed by atoms with E-state index in [4.69, 9.17) is 0 Å². The molecule has 6 nitrogen and oxygen atoms in total. The van der Waals surface area contributed by atoms with Crippen LogP contribution in [0, 0.1) is 6.92 Å². The van der Waals surface area contributed by atoms with Gasteiger partial charge in [-0.3, -0.25) is 19.0 Å². The van der Waals surface area contributed by atoms with Gasteiger partial charge in [-0.1, -0.05) is 72.3 Å². The van der Waals surface area contributed by atoms with Gasteiger partial charge in [-0.15, -0.1) is 0 Å². The molecule has 0 radical (unpaired) electrons. The zero-order valence-electron chi connectivity index (χ0n) is 18.8. The first-order chi connectivity index (χ1) is 15.9. The zero-order chi connectivity index (χ0) is 23.4. The van der Waals surface area contributed by atoms with E-state index in [1.165, 1.54) is 9.13 Å². The highest BCUT2D eigenvalue weighted by atomic mass is 16.2. The first-order valence-electron chi connectivity index (χ1n) is 11.1. The topological polar surface area (TPSA) is 73.1 Å². The molecule has 0 aliphatic rings. The second-order valence-electron chi connectivity index (χ2n) is 8.27. The summed E-state index contributed by atoms with van der Waals surface area (Å²) in [6, 6.07) is 24.7. The predicted molar refractivity (Wildman–Crippen MR) is 130 cm³/mol. The molecule has 0 saturated heterocycles. The maximum atomic E-state index is 13.0. The number of carbonyl (C=O) groups excluding carboxylic acids is 1. The van der Waals surface area contributed by atoms with Crippen LogP contribution in [0.4, 0.5) is 0 Å². The number of fused-ring (bicyclic) bond motifs is 1. The van der Waals surface area contributed by atoms with E-state index in [1.807, 2.05) is 92.7 Å². The Bertz CT molecular complexity index is 1390. The first-order valence-corrected chi connectivity index (χ1v) is 11.1. The molecule has 4 rings (SSSR count). The Hall–Kier alpha value is -3.93. The normalized spacial score (nSPS) is 11.9. The summed E-state index contributed by atoms with van der Waals surface area (Å²) in [6.45, 7) is 4.36. The predicted octanol–water partition coefficient (Wildman–Crippen LogP) is 3.79. The molecule has 0 fully saturated rings. The van der Waals surface area contributed by atoms with Gasteiger partial charge < -0.3 is 9.88 Å². The van der Waals surface area contributed by atoms with Gasteiger partial charge in [0.1, 0.15) is 0 Å². The van der Waals surface area contributed by atoms with Crippen LogP contribution in [-0.2, 0) is 17.9 Å². The second kappa shape index (κ2) is 9.69. The molecule has 168 valence electrons. The van der Waals surface area contributed by atoms with Crippen molar-refractivity contribution in [2.75, 3.05) is 0 Å². The van der Waals surface area contributed by atoms with Crippen molar-refractivity contribution in [1.29, 1.82) is 0 Å². The summed E-state index contributed by atoms with van der Waals surface area (Å²) in [5.74, 6) is -0.175. The van der Waals surface area contributed by atoms with Crippen LogP contribution in [0.25, 0.3) is 11.0 Å². The molecule has 1 unspecified atom stereocenters. The number of aromatic nitrogens is 2. The number of nitrogens with zero attached hydrogens (tertiary/aromatic N) is 2. The molecular weight excluding hydrogens is 414 g/mol. The lowest BCUT2D eigenvalue weighted by atomic mass is 10.1. The maximum Gasteiger partial charge on any atom is 0.317 e. The highest BCUT2D eigenvalue weighted by molar-refractivity contribution is 5.78. The molecule has 0 aliphatic carbocycles. The van der Waals surface area contributed by atoms with Gasteiger partial charge in [0.15, 0.2) is 0 Å². The van der Waals surface area contributed by atoms with Gasteiger partial charge in [-0.2, -0.15) is 0 Å². The third-order valence-corrected chi connectivity index (χ3v) is 5.84. The second-order valence-corrected chi connectivity index (χ2v) is 8.27. The highest BCUT2D eigenvalue weighted by Crippen LogP contribution is 2.14. The molecule has 1 aromatic heterocycles. The number of carbonyl (C=O) groups is 1. The Morgan fingerprint density at radius 1 is 0.818 bits per heavy atom. The fraction of sp³-hybridized carbons (Fsp3) is 0.222. The summed E-state index contributed by atoms with van der Waals surface area (Å²) in [5.41, 5.74) is 3.17. The number of benzene rings is 3. The van der Waals surface area contributed by atoms with Crippen LogP contribution >= 0.6 is 0 Å². The van der Waals surface area contributed by atoms with Gasteiger partial charge in [-0.05, 0) is 37.1 Å². The lowest BCUT2D eigenvalue weighted by molar-refractivity contribution is -0.121. The van der Waals surface area contributed by atoms with E-state index in [0.29, 0.717) is 17.6 Å². The summed E-state index contributed by atoms with van der Waals surface area (Å²) < 4.78 is 2.92. The average Bonchev–Trinajstić information content (AvgIpc) is 2.83. The van der Waals surface area contributed by atoms with E-state index in [9.17, 15) is 14.4 Å². The molecule has 0 aliphatic heterocycles. The summed E-state index contributed by atoms with van der Waals surface area (Å²) in [5, 5.41) is 2.96. The molecule has 1 heterocycles. The SMILES string of the molecule is Cc1ccc(Cn2c(=O)c(=O)n(CCC(=O)NC(C)c3ccccc3)c3ccccc32)cc1. The van der Waals surface area contributed by atoms with Crippen molar-refractivity contribution >= 4 is 16.9 Å². The van der Waals surface area contributed by atoms with Gasteiger partial charge in [-0.25, -0.2) is 0 Å². The van der Waals surface area contributed by atoms with Crippen LogP contribution in [0.1, 0.15) is 36.1 Å². The molecule has 1 N–H and O–H groups in total. The van der Waals surface area contributed by atoms with Crippen molar-refractivity contribution in [3.05, 3.63) is 116 Å². The monoisotopic (exact) mass is 441 g/mol. The smallest absolute Gasteiger partial charge is 0.317 e. The minimum absolute atomic E-state index is 0.0997. The quantitative estimate of drug-likeness (QED) is 0.444. The van der Waals surface area contributed by atoms with E-state index >= 15 is 0 Å². The highest BCUT2D eigenvalue weighted by Gasteiger charge is 2.15. The zero-order valence-corrected chi connectivity index (χ0v) is 18.8. The van der Waals surface area contributed by atoms with Crippen LogP contribution in [0.5, 0.6) is 0 Å². The Morgan fingerprint density at radius 2 is 1.39 bits per heavy atom. The number of aryl methyl sites for hydroxylation is 2. The van der Waals surface area contributed by atoms with Crippen molar-refractivity contribution < 1.29 is 4.79 Å². The van der Waals surface area contributed by atoms with Crippen LogP contribution in [-0.4, -0.2) is 15.0 Å². The molecular formula is C27H27N3O3. The number of nitrogens with one attached hydrogen (secondary N) is 1. The number of hydrogen-bond donors (Lipinski definition) is 1. The fourth-order valence-electron chi connectivity index (χ4n) is 3.98. The van der Waals surface area contributed by atoms with E-state index in [0.717, 1.165) is 16.7 Å². The Kier molecular flexibility index (Phi) is 6.54. The van der Waals surface area contributed by atoms with Crippen molar-refractivity contribution in [1.82, 2.24) is 14.5 Å². The maximum absolute atomic E-state index is 13.0. The van der Waals surface area contributed by atoms with Crippen LogP contribution in [0.15, 0.2) is 88.5 Å². The van der Waals surface area contributed by atoms with Gasteiger partial charge in [0.2, 0.25) is 5.91 Å². The Balaban J connectivity index is 1.59. The molecule has 6 heteroatoms. The summed E-state index contributed by atoms with van der Waals surface area (Å²) in [4.78, 5) is 38.6. The molecule has 0 saturated carbocycles. The van der Waals surface area contributed by atoms with Crippen molar-refractivity contribution in [3.63, 3.8) is 0 Å². The Labute approximate surface area is 192 Å². The Morgan fingerprint density at radius 3 is 2.06 bits per heavy atom. The summed E-state index contributed by atoms with van der Waals surface area (Å²) in [6.07, 6.45) is 0.0997. The largest absolute Gasteiger partial charge is 0.350 e. The summed E-state index contributed by atoms with van der Waals surface area (Å²) in [7, 11) is 0. The standard InChI is InChI=1S/C27H27N3O3/c1-19-12-14-21(15-13-19)18-30-24-11-7-6-10-23(24)29(26(32)27(30)33)17-16-25(31)28-20(2)22-8-4-3-5-9-22/h3-15,20H,16-18H2,1-2H3,(H,28,31). The van der Waals surface area contributed by atoms with E-state index in [2.05, 4.69) is 5.32 Å². The molecule has 0 bridgehead atoms. The van der Waals surface area contributed by atoms with Crippen LogP contribution < -0.4 is 16.4 Å². The van der Waals surface area contributed by atoms with Gasteiger partial charge in [0.25, 0.3) is 0 Å². The van der Waals surface area contributed by atoms with Crippen molar-refractivity contribution in [3.8, 4) is 0 Å². The molecule has 1 amide bonds. The number of para-hydroxylation sites is 2. The minimum atomic E-state index is -0.621. The molecule has 0 spiro atoms. The fourth-order valence-corrected chi connectivity index (χ4v) is 3.98. The van der Waals surface area contributed by atoms with E-state index < -0.39 is 11.1 Å². The van der Waals surface area contributed by atoms with Gasteiger partial charge in [0, 0.05) is 13.0 Å². The molecule has 1 atom stereocenters. The number of rotatable bonds is 7. The molecule has 3 aromatic carbocycles. The number of hydrogen-bond acceptors (Lipinski definition) is 3. The third-order valence-electron chi connectivity index (χ3n) is 5.84. The summed E-state index contributed by atoms with van der Waals surface area (Å²) >= 11 is 0.